The Bertz CT molecular complexity index is 568. The summed E-state index contributed by atoms with van der Waals surface area (Å²) in [6.45, 7) is 0. The van der Waals surface area contributed by atoms with Crippen molar-refractivity contribution in [2.45, 2.75) is 30.6 Å². The summed E-state index contributed by atoms with van der Waals surface area (Å²) >= 11 is 4.90. The van der Waals surface area contributed by atoms with Gasteiger partial charge in [-0.2, -0.15) is 4.39 Å². The van der Waals surface area contributed by atoms with Crippen molar-refractivity contribution in [1.82, 2.24) is 9.55 Å². The molecule has 4 radical (unpaired) electrons. The zero-order valence-corrected chi connectivity index (χ0v) is 10.1. The minimum Gasteiger partial charge on any atom is -0.407 e. The molecule has 2 atom stereocenters. The maximum absolute atomic E-state index is 13.2. The number of hydrogen-bond acceptors (Lipinski definition) is 4. The molecule has 18 heavy (non-hydrogen) atoms. The number of ether oxygens (including phenoxy) is 1. The molecule has 1 fully saturated rings. The number of rotatable bonds is 2. The monoisotopic (exact) mass is 266 g/mol. The van der Waals surface area contributed by atoms with Crippen LogP contribution in [0.5, 0.6) is 0 Å². The van der Waals surface area contributed by atoms with Crippen molar-refractivity contribution in [3.63, 3.8) is 0 Å². The van der Waals surface area contributed by atoms with Crippen molar-refractivity contribution >= 4 is 27.9 Å². The average molecular weight is 266 g/mol. The summed E-state index contributed by atoms with van der Waals surface area (Å²) < 4.78 is 19.9. The summed E-state index contributed by atoms with van der Waals surface area (Å²) in [5, 5.41) is 7.45. The molecule has 1 aromatic heterocycles. The number of hydrogen-bond donors (Lipinski definition) is 2. The van der Waals surface area contributed by atoms with E-state index in [-0.39, 0.29) is 4.77 Å². The van der Waals surface area contributed by atoms with Crippen LogP contribution < -0.4 is 5.56 Å². The molecule has 92 valence electrons. The Morgan fingerprint density at radius 2 is 2.28 bits per heavy atom. The predicted molar refractivity (Wildman–Crippen MR) is 65.4 cm³/mol. The van der Waals surface area contributed by atoms with Gasteiger partial charge in [-0.3, -0.25) is 14.3 Å². The van der Waals surface area contributed by atoms with Gasteiger partial charge < -0.3 is 9.84 Å². The molecule has 0 saturated carbocycles. The first-order valence-corrected chi connectivity index (χ1v) is 5.66. The van der Waals surface area contributed by atoms with Crippen molar-refractivity contribution in [2.75, 3.05) is 0 Å². The molecule has 1 aliphatic heterocycles. The summed E-state index contributed by atoms with van der Waals surface area (Å²) in [5.41, 5.74) is -0.889. The molecule has 1 aromatic rings. The number of halogens is 1. The minimum absolute atomic E-state index is 0.0321. The Morgan fingerprint density at radius 3 is 2.83 bits per heavy atom. The third kappa shape index (κ3) is 2.57. The SMILES string of the molecule is [B]C([B])(O)C1CCC(n2cc(F)c(=O)[nH]c2=S)O1. The smallest absolute Gasteiger partial charge is 0.287 e. The van der Waals surface area contributed by atoms with Gasteiger partial charge in [-0.05, 0) is 25.1 Å². The second-order valence-corrected chi connectivity index (χ2v) is 4.57. The Morgan fingerprint density at radius 1 is 1.61 bits per heavy atom. The standard InChI is InChI=1S/C9H9B2FN2O3S/c10-9(11,16)5-1-2-6(17-5)14-3-4(12)7(15)13-8(14)18/h3,5-6,16H,1-2H2,(H,13,15,18). The van der Waals surface area contributed by atoms with E-state index in [2.05, 4.69) is 4.98 Å². The molecule has 0 aromatic carbocycles. The molecule has 9 heteroatoms. The molecule has 2 heterocycles. The quantitative estimate of drug-likeness (QED) is 0.570. The number of H-pyrrole nitrogens is 1. The highest BCUT2D eigenvalue weighted by Gasteiger charge is 2.35. The van der Waals surface area contributed by atoms with Gasteiger partial charge >= 0.3 is 0 Å². The van der Waals surface area contributed by atoms with Crippen LogP contribution in [0.4, 0.5) is 4.39 Å². The highest BCUT2D eigenvalue weighted by Crippen LogP contribution is 2.31. The van der Waals surface area contributed by atoms with Gasteiger partial charge in [0.2, 0.25) is 5.82 Å². The third-order valence-corrected chi connectivity index (χ3v) is 3.06. The molecular weight excluding hydrogens is 257 g/mol. The lowest BCUT2D eigenvalue weighted by atomic mass is 9.61. The first-order chi connectivity index (χ1) is 8.29. The van der Waals surface area contributed by atoms with Gasteiger partial charge in [-0.25, -0.2) is 0 Å². The van der Waals surface area contributed by atoms with Crippen molar-refractivity contribution < 1.29 is 14.2 Å². The van der Waals surface area contributed by atoms with Gasteiger partial charge in [0.1, 0.15) is 21.9 Å². The lowest BCUT2D eigenvalue weighted by Crippen LogP contribution is -2.43. The number of nitrogens with zero attached hydrogens (tertiary/aromatic N) is 1. The Hall–Kier alpha value is -0.920. The zero-order chi connectivity index (χ0) is 13.5. The van der Waals surface area contributed by atoms with Crippen molar-refractivity contribution in [3.8, 4) is 0 Å². The van der Waals surface area contributed by atoms with E-state index in [0.717, 1.165) is 6.20 Å². The highest BCUT2D eigenvalue weighted by atomic mass is 32.1. The van der Waals surface area contributed by atoms with Gasteiger partial charge in [-0.1, -0.05) is 0 Å². The molecule has 0 spiro atoms. The Kier molecular flexibility index (Phi) is 3.48. The van der Waals surface area contributed by atoms with Gasteiger partial charge in [-0.15, -0.1) is 0 Å². The largest absolute Gasteiger partial charge is 0.407 e. The molecule has 0 amide bonds. The van der Waals surface area contributed by atoms with Crippen LogP contribution in [-0.2, 0) is 4.74 Å². The topological polar surface area (TPSA) is 67.2 Å². The average Bonchev–Trinajstić information content (AvgIpc) is 2.72. The van der Waals surface area contributed by atoms with E-state index >= 15 is 0 Å². The Labute approximate surface area is 110 Å². The molecular formula is C9H9B2FN2O3S. The van der Waals surface area contributed by atoms with Gasteiger partial charge in [0.15, 0.2) is 4.77 Å². The van der Waals surface area contributed by atoms with Crippen molar-refractivity contribution in [2.24, 2.45) is 0 Å². The summed E-state index contributed by atoms with van der Waals surface area (Å²) in [7, 11) is 10.6. The maximum Gasteiger partial charge on any atom is 0.287 e. The fourth-order valence-corrected chi connectivity index (χ4v) is 2.10. The van der Waals surface area contributed by atoms with Crippen LogP contribution in [0.15, 0.2) is 11.0 Å². The molecule has 0 aliphatic carbocycles. The lowest BCUT2D eigenvalue weighted by Gasteiger charge is -2.27. The summed E-state index contributed by atoms with van der Waals surface area (Å²) in [5.74, 6) is -0.966. The second kappa shape index (κ2) is 4.64. The number of aliphatic hydroxyl groups is 1. The molecule has 5 nitrogen and oxygen atoms in total. The van der Waals surface area contributed by atoms with E-state index in [9.17, 15) is 14.3 Å². The van der Waals surface area contributed by atoms with Crippen LogP contribution in [0.2, 0.25) is 0 Å². The van der Waals surface area contributed by atoms with Crippen molar-refractivity contribution in [3.05, 3.63) is 27.1 Å². The molecule has 1 aliphatic rings. The van der Waals surface area contributed by atoms with Gasteiger partial charge in [0.05, 0.1) is 12.3 Å². The molecule has 2 unspecified atom stereocenters. The van der Waals surface area contributed by atoms with E-state index in [1.165, 1.54) is 4.57 Å². The first kappa shape index (κ1) is 13.5. The van der Waals surface area contributed by atoms with E-state index < -0.39 is 29.1 Å². The summed E-state index contributed by atoms with van der Waals surface area (Å²) in [6, 6.07) is 0. The fraction of sp³-hybridized carbons (Fsp3) is 0.556. The van der Waals surface area contributed by atoms with Crippen LogP contribution >= 0.6 is 12.2 Å². The number of aromatic nitrogens is 2. The number of nitrogens with one attached hydrogen (secondary N) is 1. The zero-order valence-electron chi connectivity index (χ0n) is 9.30. The molecule has 1 saturated heterocycles. The minimum atomic E-state index is -1.96. The molecule has 0 bridgehead atoms. The maximum atomic E-state index is 13.2. The second-order valence-electron chi connectivity index (χ2n) is 4.19. The van der Waals surface area contributed by atoms with Crippen LogP contribution in [0.3, 0.4) is 0 Å². The van der Waals surface area contributed by atoms with Crippen LogP contribution in [-0.4, -0.2) is 41.9 Å². The van der Waals surface area contributed by atoms with E-state index in [1.54, 1.807) is 0 Å². The van der Waals surface area contributed by atoms with Crippen LogP contribution in [0, 0.1) is 10.6 Å². The summed E-state index contributed by atoms with van der Waals surface area (Å²) in [6.07, 6.45) is 0.407. The normalized spacial score (nSPS) is 24.3. The highest BCUT2D eigenvalue weighted by molar-refractivity contribution is 7.71. The van der Waals surface area contributed by atoms with E-state index in [4.69, 9.17) is 32.6 Å². The van der Waals surface area contributed by atoms with Crippen molar-refractivity contribution in [1.29, 1.82) is 0 Å². The number of aromatic amines is 1. The fourth-order valence-electron chi connectivity index (χ4n) is 1.84. The van der Waals surface area contributed by atoms with E-state index in [0.29, 0.717) is 12.8 Å². The first-order valence-electron chi connectivity index (χ1n) is 5.25. The van der Waals surface area contributed by atoms with E-state index in [1.807, 2.05) is 0 Å². The summed E-state index contributed by atoms with van der Waals surface area (Å²) in [4.78, 5) is 13.2. The Balaban J connectivity index is 2.28. The lowest BCUT2D eigenvalue weighted by molar-refractivity contribution is -0.0499. The molecule has 2 rings (SSSR count). The molecule has 2 N–H and O–H groups in total. The predicted octanol–water partition coefficient (Wildman–Crippen LogP) is -0.294. The van der Waals surface area contributed by atoms with Gasteiger partial charge in [0, 0.05) is 5.40 Å². The third-order valence-electron chi connectivity index (χ3n) is 2.75. The van der Waals surface area contributed by atoms with Crippen LogP contribution in [0.25, 0.3) is 0 Å². The van der Waals surface area contributed by atoms with Crippen LogP contribution in [0.1, 0.15) is 19.1 Å². The van der Waals surface area contributed by atoms with Gasteiger partial charge in [0.25, 0.3) is 5.56 Å².